The van der Waals surface area contributed by atoms with E-state index >= 15 is 0 Å². The van der Waals surface area contributed by atoms with E-state index in [1.807, 2.05) is 12.1 Å². The van der Waals surface area contributed by atoms with Gasteiger partial charge in [0.25, 0.3) is 0 Å². The molecule has 0 aliphatic carbocycles. The smallest absolute Gasteiger partial charge is 0.389 e. The van der Waals surface area contributed by atoms with Crippen molar-refractivity contribution in [3.8, 4) is 0 Å². The maximum atomic E-state index is 12.1. The van der Waals surface area contributed by atoms with E-state index in [2.05, 4.69) is 4.98 Å². The molecule has 1 N–H and O–H groups in total. The Labute approximate surface area is 120 Å². The van der Waals surface area contributed by atoms with E-state index in [0.29, 0.717) is 6.42 Å². The quantitative estimate of drug-likeness (QED) is 0.922. The van der Waals surface area contributed by atoms with Crippen LogP contribution in [0.3, 0.4) is 0 Å². The molecule has 0 aromatic carbocycles. The number of likely N-dealkylation sites (tertiary alicyclic amines) is 1. The van der Waals surface area contributed by atoms with Gasteiger partial charge in [0.05, 0.1) is 12.5 Å². The molecule has 2 heterocycles. The summed E-state index contributed by atoms with van der Waals surface area (Å²) in [7, 11) is 0. The van der Waals surface area contributed by atoms with Gasteiger partial charge in [-0.15, -0.1) is 0 Å². The van der Waals surface area contributed by atoms with Crippen LogP contribution in [0.5, 0.6) is 0 Å². The molecule has 116 valence electrons. The number of amides is 1. The monoisotopic (exact) mass is 302 g/mol. The standard InChI is InChI=1S/C14H17F3N2O2/c15-14(16,17)5-4-13(21)19-8-10(12(20)9-19)7-11-3-1-2-6-18-11/h1-3,6,10,12,20H,4-5,7-9H2/t10-,12-/m1/s1. The van der Waals surface area contributed by atoms with Gasteiger partial charge in [0.15, 0.2) is 0 Å². The molecule has 1 aliphatic rings. The van der Waals surface area contributed by atoms with E-state index in [1.54, 1.807) is 12.3 Å². The van der Waals surface area contributed by atoms with Gasteiger partial charge in [-0.1, -0.05) is 6.07 Å². The van der Waals surface area contributed by atoms with Crippen LogP contribution < -0.4 is 0 Å². The van der Waals surface area contributed by atoms with Crippen molar-refractivity contribution in [2.45, 2.75) is 31.5 Å². The first-order chi connectivity index (χ1) is 9.85. The van der Waals surface area contributed by atoms with Crippen molar-refractivity contribution in [1.29, 1.82) is 0 Å². The van der Waals surface area contributed by atoms with Gasteiger partial charge in [-0.3, -0.25) is 9.78 Å². The van der Waals surface area contributed by atoms with Crippen LogP contribution in [0.15, 0.2) is 24.4 Å². The number of carbonyl (C=O) groups excluding carboxylic acids is 1. The van der Waals surface area contributed by atoms with Crippen molar-refractivity contribution in [3.05, 3.63) is 30.1 Å². The lowest BCUT2D eigenvalue weighted by atomic mass is 10.00. The zero-order valence-electron chi connectivity index (χ0n) is 11.4. The van der Waals surface area contributed by atoms with Crippen molar-refractivity contribution in [3.63, 3.8) is 0 Å². The van der Waals surface area contributed by atoms with Crippen molar-refractivity contribution >= 4 is 5.91 Å². The fourth-order valence-electron chi connectivity index (χ4n) is 2.45. The van der Waals surface area contributed by atoms with E-state index in [-0.39, 0.29) is 19.0 Å². The molecule has 0 unspecified atom stereocenters. The number of aliphatic hydroxyl groups is 1. The van der Waals surface area contributed by atoms with Crippen LogP contribution in [0.4, 0.5) is 13.2 Å². The van der Waals surface area contributed by atoms with Crippen LogP contribution in [0.2, 0.25) is 0 Å². The van der Waals surface area contributed by atoms with E-state index in [0.717, 1.165) is 5.69 Å². The van der Waals surface area contributed by atoms with Gasteiger partial charge in [0.2, 0.25) is 5.91 Å². The summed E-state index contributed by atoms with van der Waals surface area (Å²) in [6.07, 6.45) is -4.59. The fraction of sp³-hybridized carbons (Fsp3) is 0.571. The topological polar surface area (TPSA) is 53.4 Å². The Balaban J connectivity index is 1.87. The molecule has 0 radical (unpaired) electrons. The number of pyridine rings is 1. The Bertz CT molecular complexity index is 479. The minimum absolute atomic E-state index is 0.0915. The van der Waals surface area contributed by atoms with Crippen LogP contribution in [0, 0.1) is 5.92 Å². The lowest BCUT2D eigenvalue weighted by Gasteiger charge is -2.16. The minimum Gasteiger partial charge on any atom is -0.391 e. The average molecular weight is 302 g/mol. The van der Waals surface area contributed by atoms with Crippen LogP contribution in [-0.4, -0.2) is 46.3 Å². The summed E-state index contributed by atoms with van der Waals surface area (Å²) < 4.78 is 36.3. The number of aromatic nitrogens is 1. The highest BCUT2D eigenvalue weighted by Gasteiger charge is 2.35. The van der Waals surface area contributed by atoms with E-state index < -0.39 is 31.0 Å². The lowest BCUT2D eigenvalue weighted by Crippen LogP contribution is -2.30. The third-order valence-corrected chi connectivity index (χ3v) is 3.58. The molecule has 2 rings (SSSR count). The highest BCUT2D eigenvalue weighted by Crippen LogP contribution is 2.25. The molecule has 0 saturated carbocycles. The Morgan fingerprint density at radius 3 is 2.76 bits per heavy atom. The molecule has 21 heavy (non-hydrogen) atoms. The maximum absolute atomic E-state index is 12.1. The third-order valence-electron chi connectivity index (χ3n) is 3.58. The highest BCUT2D eigenvalue weighted by atomic mass is 19.4. The molecule has 1 aromatic heterocycles. The number of carbonyl (C=O) groups is 1. The molecule has 7 heteroatoms. The van der Waals surface area contributed by atoms with Crippen molar-refractivity contribution in [1.82, 2.24) is 9.88 Å². The summed E-state index contributed by atoms with van der Waals surface area (Å²) in [5, 5.41) is 9.95. The summed E-state index contributed by atoms with van der Waals surface area (Å²) in [5.74, 6) is -0.746. The maximum Gasteiger partial charge on any atom is 0.389 e. The van der Waals surface area contributed by atoms with Gasteiger partial charge in [-0.2, -0.15) is 13.2 Å². The van der Waals surface area contributed by atoms with Gasteiger partial charge >= 0.3 is 6.18 Å². The number of nitrogens with zero attached hydrogens (tertiary/aromatic N) is 2. The van der Waals surface area contributed by atoms with Gasteiger partial charge in [0.1, 0.15) is 0 Å². The number of rotatable bonds is 4. The molecule has 1 saturated heterocycles. The Morgan fingerprint density at radius 1 is 1.38 bits per heavy atom. The van der Waals surface area contributed by atoms with Crippen LogP contribution in [0.25, 0.3) is 0 Å². The largest absolute Gasteiger partial charge is 0.391 e. The SMILES string of the molecule is O=C(CCC(F)(F)F)N1C[C@@H](Cc2ccccn2)[C@H](O)C1. The molecular weight excluding hydrogens is 285 g/mol. The molecule has 1 fully saturated rings. The normalized spacial score (nSPS) is 22.6. The number of halogens is 3. The highest BCUT2D eigenvalue weighted by molar-refractivity contribution is 5.76. The zero-order chi connectivity index (χ0) is 15.5. The van der Waals surface area contributed by atoms with Crippen LogP contribution in [-0.2, 0) is 11.2 Å². The van der Waals surface area contributed by atoms with Gasteiger partial charge in [-0.05, 0) is 18.6 Å². The Hall–Kier alpha value is -1.63. The number of hydrogen-bond donors (Lipinski definition) is 1. The molecule has 0 spiro atoms. The molecule has 1 amide bonds. The Kier molecular flexibility index (Phi) is 4.82. The van der Waals surface area contributed by atoms with E-state index in [1.165, 1.54) is 4.90 Å². The zero-order valence-corrected chi connectivity index (χ0v) is 11.4. The summed E-state index contributed by atoms with van der Waals surface area (Å²) in [4.78, 5) is 17.2. The molecular formula is C14H17F3N2O2. The second kappa shape index (κ2) is 6.43. The first-order valence-electron chi connectivity index (χ1n) is 6.77. The number of hydrogen-bond acceptors (Lipinski definition) is 3. The average Bonchev–Trinajstić information content (AvgIpc) is 2.78. The summed E-state index contributed by atoms with van der Waals surface area (Å²) in [5.41, 5.74) is 0.797. The third kappa shape index (κ3) is 4.70. The van der Waals surface area contributed by atoms with Gasteiger partial charge < -0.3 is 10.0 Å². The molecule has 2 atom stereocenters. The molecule has 1 aliphatic heterocycles. The first kappa shape index (κ1) is 15.8. The fourth-order valence-corrected chi connectivity index (χ4v) is 2.45. The number of alkyl halides is 3. The van der Waals surface area contributed by atoms with Crippen LogP contribution in [0.1, 0.15) is 18.5 Å². The van der Waals surface area contributed by atoms with E-state index in [9.17, 15) is 23.1 Å². The predicted octanol–water partition coefficient (Wildman–Crippen LogP) is 1.79. The summed E-state index contributed by atoms with van der Waals surface area (Å²) in [6.45, 7) is 0.364. The lowest BCUT2D eigenvalue weighted by molar-refractivity contribution is -0.148. The van der Waals surface area contributed by atoms with Gasteiger partial charge in [-0.25, -0.2) is 0 Å². The molecule has 1 aromatic rings. The number of β-amino-alcohol motifs (C(OH)–C–C–N with tert-alkyl or cyclic N) is 1. The predicted molar refractivity (Wildman–Crippen MR) is 69.3 cm³/mol. The van der Waals surface area contributed by atoms with Gasteiger partial charge in [0, 0.05) is 37.3 Å². The minimum atomic E-state index is -4.33. The molecule has 0 bridgehead atoms. The summed E-state index contributed by atoms with van der Waals surface area (Å²) in [6, 6.07) is 5.43. The van der Waals surface area contributed by atoms with Crippen LogP contribution >= 0.6 is 0 Å². The second-order valence-electron chi connectivity index (χ2n) is 5.27. The second-order valence-corrected chi connectivity index (χ2v) is 5.27. The molecule has 4 nitrogen and oxygen atoms in total. The van der Waals surface area contributed by atoms with E-state index in [4.69, 9.17) is 0 Å². The number of aliphatic hydroxyl groups excluding tert-OH is 1. The van der Waals surface area contributed by atoms with Crippen molar-refractivity contribution < 1.29 is 23.1 Å². The summed E-state index contributed by atoms with van der Waals surface area (Å²) >= 11 is 0. The Morgan fingerprint density at radius 2 is 2.14 bits per heavy atom. The van der Waals surface area contributed by atoms with Crippen molar-refractivity contribution in [2.24, 2.45) is 5.92 Å². The van der Waals surface area contributed by atoms with Crippen molar-refractivity contribution in [2.75, 3.05) is 13.1 Å². The first-order valence-corrected chi connectivity index (χ1v) is 6.77.